The molecule has 0 heterocycles. The quantitative estimate of drug-likeness (QED) is 0.543. The molecule has 2 N–H and O–H groups in total. The first kappa shape index (κ1) is 18.3. The molecule has 0 saturated heterocycles. The number of hydrazine groups is 1. The zero-order valence-electron chi connectivity index (χ0n) is 12.9. The molecule has 8 heteroatoms. The van der Waals surface area contributed by atoms with Crippen molar-refractivity contribution in [2.24, 2.45) is 0 Å². The van der Waals surface area contributed by atoms with Crippen molar-refractivity contribution in [2.45, 2.75) is 0 Å². The molecule has 0 spiro atoms. The van der Waals surface area contributed by atoms with Crippen LogP contribution >= 0.6 is 34.2 Å². The minimum Gasteiger partial charge on any atom is -0.493 e. The van der Waals surface area contributed by atoms with Crippen molar-refractivity contribution < 1.29 is 19.1 Å². The van der Waals surface area contributed by atoms with Crippen molar-refractivity contribution in [3.8, 4) is 11.5 Å². The number of benzene rings is 2. The Morgan fingerprint density at radius 1 is 0.958 bits per heavy atom. The summed E-state index contributed by atoms with van der Waals surface area (Å²) in [6, 6.07) is 9.61. The third-order valence-electron chi connectivity index (χ3n) is 3.11. The van der Waals surface area contributed by atoms with E-state index in [9.17, 15) is 9.59 Å². The maximum atomic E-state index is 12.1. The van der Waals surface area contributed by atoms with Gasteiger partial charge in [0.15, 0.2) is 11.5 Å². The van der Waals surface area contributed by atoms with Crippen LogP contribution in [-0.2, 0) is 0 Å². The second kappa shape index (κ2) is 8.20. The van der Waals surface area contributed by atoms with Crippen LogP contribution in [-0.4, -0.2) is 26.0 Å². The highest BCUT2D eigenvalue weighted by atomic mass is 127. The molecule has 0 bridgehead atoms. The minimum atomic E-state index is -0.485. The van der Waals surface area contributed by atoms with Gasteiger partial charge < -0.3 is 9.47 Å². The Morgan fingerprint density at radius 2 is 1.62 bits per heavy atom. The van der Waals surface area contributed by atoms with Gasteiger partial charge in [0, 0.05) is 14.2 Å². The molecule has 24 heavy (non-hydrogen) atoms. The van der Waals surface area contributed by atoms with E-state index in [2.05, 4.69) is 10.9 Å². The summed E-state index contributed by atoms with van der Waals surface area (Å²) in [4.78, 5) is 24.3. The lowest BCUT2D eigenvalue weighted by molar-refractivity contribution is 0.0846. The topological polar surface area (TPSA) is 76.7 Å². The highest BCUT2D eigenvalue weighted by molar-refractivity contribution is 14.1. The smallest absolute Gasteiger partial charge is 0.270 e. The zero-order valence-corrected chi connectivity index (χ0v) is 15.8. The van der Waals surface area contributed by atoms with Crippen LogP contribution in [0.25, 0.3) is 0 Å². The molecule has 0 radical (unpaired) electrons. The molecule has 0 aromatic heterocycles. The lowest BCUT2D eigenvalue weighted by Gasteiger charge is -2.11. The predicted molar refractivity (Wildman–Crippen MR) is 98.6 cm³/mol. The Hall–Kier alpha value is -2.00. The van der Waals surface area contributed by atoms with E-state index in [4.69, 9.17) is 21.1 Å². The standard InChI is InChI=1S/C16H14ClIN2O4/c1-23-13-6-3-9(7-14(13)24-2)15(21)19-20-16(22)11-8-10(17)4-5-12(11)18/h3-8H,1-2H3,(H,19,21)(H,20,22). The average molecular weight is 461 g/mol. The number of ether oxygens (including phenoxy) is 2. The molecule has 2 rings (SSSR count). The van der Waals surface area contributed by atoms with Crippen molar-refractivity contribution in [1.29, 1.82) is 0 Å². The van der Waals surface area contributed by atoms with Gasteiger partial charge in [-0.25, -0.2) is 0 Å². The number of nitrogens with one attached hydrogen (secondary N) is 2. The Kier molecular flexibility index (Phi) is 6.27. The number of hydrogen-bond donors (Lipinski definition) is 2. The molecule has 2 aromatic rings. The first-order valence-electron chi connectivity index (χ1n) is 6.74. The predicted octanol–water partition coefficient (Wildman–Crippen LogP) is 3.04. The lowest BCUT2D eigenvalue weighted by atomic mass is 10.2. The van der Waals surface area contributed by atoms with Gasteiger partial charge in [0.1, 0.15) is 0 Å². The van der Waals surface area contributed by atoms with Crippen molar-refractivity contribution in [2.75, 3.05) is 14.2 Å². The largest absolute Gasteiger partial charge is 0.493 e. The molecular weight excluding hydrogens is 447 g/mol. The average Bonchev–Trinajstić information content (AvgIpc) is 2.60. The van der Waals surface area contributed by atoms with Crippen LogP contribution in [0.3, 0.4) is 0 Å². The fraction of sp³-hybridized carbons (Fsp3) is 0.125. The molecule has 0 aliphatic heterocycles. The monoisotopic (exact) mass is 460 g/mol. The van der Waals surface area contributed by atoms with Crippen LogP contribution in [0.5, 0.6) is 11.5 Å². The van der Waals surface area contributed by atoms with Gasteiger partial charge in [-0.05, 0) is 59.0 Å². The SMILES string of the molecule is COc1ccc(C(=O)NNC(=O)c2cc(Cl)ccc2I)cc1OC. The molecule has 0 aliphatic rings. The number of carbonyl (C=O) groups is 2. The summed E-state index contributed by atoms with van der Waals surface area (Å²) in [6.45, 7) is 0. The molecule has 6 nitrogen and oxygen atoms in total. The van der Waals surface area contributed by atoms with Crippen molar-refractivity contribution >= 4 is 46.0 Å². The fourth-order valence-corrected chi connectivity index (χ4v) is 2.65. The second-order valence-electron chi connectivity index (χ2n) is 4.60. The zero-order chi connectivity index (χ0) is 17.7. The summed E-state index contributed by atoms with van der Waals surface area (Å²) in [5.74, 6) is -0.0236. The number of amides is 2. The third kappa shape index (κ3) is 4.30. The van der Waals surface area contributed by atoms with Gasteiger partial charge in [-0.15, -0.1) is 0 Å². The van der Waals surface area contributed by atoms with Gasteiger partial charge in [-0.1, -0.05) is 11.6 Å². The van der Waals surface area contributed by atoms with Gasteiger partial charge in [-0.2, -0.15) is 0 Å². The van der Waals surface area contributed by atoms with Crippen molar-refractivity contribution in [3.05, 3.63) is 56.1 Å². The summed E-state index contributed by atoms with van der Waals surface area (Å²) >= 11 is 7.90. The highest BCUT2D eigenvalue weighted by Crippen LogP contribution is 2.27. The molecule has 0 fully saturated rings. The summed E-state index contributed by atoms with van der Waals surface area (Å²) in [5.41, 5.74) is 5.39. The maximum Gasteiger partial charge on any atom is 0.270 e. The van der Waals surface area contributed by atoms with E-state index >= 15 is 0 Å². The first-order valence-corrected chi connectivity index (χ1v) is 8.19. The molecule has 2 aromatic carbocycles. The van der Waals surface area contributed by atoms with E-state index < -0.39 is 11.8 Å². The van der Waals surface area contributed by atoms with Crippen LogP contribution in [0.2, 0.25) is 5.02 Å². The summed E-state index contributed by atoms with van der Waals surface area (Å²) in [5, 5.41) is 0.437. The van der Waals surface area contributed by atoms with Crippen LogP contribution in [0.15, 0.2) is 36.4 Å². The molecular formula is C16H14ClIN2O4. The first-order chi connectivity index (χ1) is 11.5. The molecule has 0 aliphatic carbocycles. The summed E-state index contributed by atoms with van der Waals surface area (Å²) in [7, 11) is 2.98. The Morgan fingerprint density at radius 3 is 2.29 bits per heavy atom. The number of methoxy groups -OCH3 is 2. The number of carbonyl (C=O) groups excluding carboxylic acids is 2. The number of rotatable bonds is 4. The summed E-state index contributed by atoms with van der Waals surface area (Å²) < 4.78 is 11.0. The van der Waals surface area contributed by atoms with E-state index in [1.807, 2.05) is 22.6 Å². The van der Waals surface area contributed by atoms with Gasteiger partial charge in [0.25, 0.3) is 11.8 Å². The lowest BCUT2D eigenvalue weighted by Crippen LogP contribution is -2.41. The maximum absolute atomic E-state index is 12.1. The van der Waals surface area contributed by atoms with Crippen LogP contribution in [0.1, 0.15) is 20.7 Å². The van der Waals surface area contributed by atoms with Crippen LogP contribution in [0.4, 0.5) is 0 Å². The van der Waals surface area contributed by atoms with Gasteiger partial charge in [0.2, 0.25) is 0 Å². The second-order valence-corrected chi connectivity index (χ2v) is 6.20. The Balaban J connectivity index is 2.07. The minimum absolute atomic E-state index is 0.314. The Bertz CT molecular complexity index is 783. The van der Waals surface area contributed by atoms with Gasteiger partial charge in [0.05, 0.1) is 19.8 Å². The Labute approximate surface area is 157 Å². The molecule has 126 valence electrons. The van der Waals surface area contributed by atoms with Crippen molar-refractivity contribution in [3.63, 3.8) is 0 Å². The molecule has 2 amide bonds. The van der Waals surface area contributed by atoms with E-state index in [1.54, 1.807) is 24.3 Å². The molecule has 0 unspecified atom stereocenters. The van der Waals surface area contributed by atoms with E-state index in [0.717, 1.165) is 3.57 Å². The van der Waals surface area contributed by atoms with Gasteiger partial charge in [-0.3, -0.25) is 20.4 Å². The molecule has 0 saturated carbocycles. The normalized spacial score (nSPS) is 10.0. The fourth-order valence-electron chi connectivity index (χ4n) is 1.90. The number of hydrogen-bond acceptors (Lipinski definition) is 4. The van der Waals surface area contributed by atoms with Crippen molar-refractivity contribution in [1.82, 2.24) is 10.9 Å². The highest BCUT2D eigenvalue weighted by Gasteiger charge is 2.14. The number of halogens is 2. The molecule has 0 atom stereocenters. The third-order valence-corrected chi connectivity index (χ3v) is 4.28. The van der Waals surface area contributed by atoms with E-state index in [-0.39, 0.29) is 0 Å². The summed E-state index contributed by atoms with van der Waals surface area (Å²) in [6.07, 6.45) is 0. The van der Waals surface area contributed by atoms with E-state index in [0.29, 0.717) is 27.6 Å². The van der Waals surface area contributed by atoms with Crippen LogP contribution in [0, 0.1) is 3.57 Å². The van der Waals surface area contributed by atoms with Gasteiger partial charge >= 0.3 is 0 Å². The van der Waals surface area contributed by atoms with Crippen LogP contribution < -0.4 is 20.3 Å². The van der Waals surface area contributed by atoms with E-state index in [1.165, 1.54) is 26.4 Å².